The van der Waals surface area contributed by atoms with Crippen LogP contribution in [0, 0.1) is 0 Å². The lowest BCUT2D eigenvalue weighted by atomic mass is 10.1. The van der Waals surface area contributed by atoms with Crippen molar-refractivity contribution in [1.29, 1.82) is 0 Å². The number of aliphatic hydroxyl groups excluding tert-OH is 1. The molecule has 0 aromatic rings. The topological polar surface area (TPSA) is 155 Å². The van der Waals surface area contributed by atoms with Gasteiger partial charge in [0.1, 0.15) is 12.7 Å². The number of carbonyl (C=O) groups is 3. The Labute approximate surface area is 451 Å². The molecule has 0 aliphatic heterocycles. The van der Waals surface area contributed by atoms with E-state index in [-0.39, 0.29) is 25.9 Å². The van der Waals surface area contributed by atoms with Gasteiger partial charge in [-0.1, -0.05) is 221 Å². The number of unbranched alkanes of at least 4 members (excludes halogenated alkanes) is 24. The molecule has 0 aromatic carbocycles. The first kappa shape index (κ1) is 70.7. The van der Waals surface area contributed by atoms with E-state index >= 15 is 0 Å². The number of phosphoric ester groups is 1. The molecule has 0 spiro atoms. The predicted molar refractivity (Wildman–Crippen MR) is 307 cm³/mol. The first-order chi connectivity index (χ1) is 36.2. The summed E-state index contributed by atoms with van der Waals surface area (Å²) in [4.78, 5) is 48.5. The van der Waals surface area contributed by atoms with Crippen LogP contribution in [0.3, 0.4) is 0 Å². The summed E-state index contributed by atoms with van der Waals surface area (Å²) in [5.41, 5.74) is 0. The number of phosphoric acid groups is 1. The lowest BCUT2D eigenvalue weighted by Gasteiger charge is -2.21. The minimum Gasteiger partial charge on any atom is -0.462 e. The molecule has 0 aliphatic carbocycles. The smallest absolute Gasteiger partial charge is 0.462 e. The second-order valence-corrected chi connectivity index (χ2v) is 20.9. The zero-order valence-electron chi connectivity index (χ0n) is 47.0. The van der Waals surface area contributed by atoms with Gasteiger partial charge in [-0.25, -0.2) is 4.57 Å². The number of rotatable bonds is 54. The van der Waals surface area contributed by atoms with Gasteiger partial charge in [-0.05, 0) is 96.3 Å². The lowest BCUT2D eigenvalue weighted by Crippen LogP contribution is -2.30. The largest absolute Gasteiger partial charge is 0.472 e. The van der Waals surface area contributed by atoms with Crippen molar-refractivity contribution in [2.45, 2.75) is 264 Å². The maximum atomic E-state index is 12.9. The molecular formula is C62H107O11P. The molecule has 3 atom stereocenters. The third kappa shape index (κ3) is 53.5. The summed E-state index contributed by atoms with van der Waals surface area (Å²) in [6, 6.07) is 0. The Morgan fingerprint density at radius 1 is 0.405 bits per heavy atom. The zero-order valence-corrected chi connectivity index (χ0v) is 47.9. The van der Waals surface area contributed by atoms with E-state index in [2.05, 4.69) is 87.6 Å². The molecule has 0 heterocycles. The fourth-order valence-electron chi connectivity index (χ4n) is 7.83. The Kier molecular flexibility index (Phi) is 53.4. The Hall–Kier alpha value is -3.34. The number of carbonyl (C=O) groups excluding carboxylic acids is 3. The molecule has 0 radical (unpaired) electrons. The van der Waals surface area contributed by atoms with Crippen molar-refractivity contribution >= 4 is 25.7 Å². The van der Waals surface area contributed by atoms with Gasteiger partial charge < -0.3 is 24.2 Å². The lowest BCUT2D eigenvalue weighted by molar-refractivity contribution is -0.160. The maximum absolute atomic E-state index is 12.9. The molecule has 0 amide bonds. The van der Waals surface area contributed by atoms with Crippen LogP contribution in [-0.4, -0.2) is 66.5 Å². The molecule has 12 heteroatoms. The summed E-state index contributed by atoms with van der Waals surface area (Å²) in [5, 5.41) is 9.80. The van der Waals surface area contributed by atoms with E-state index in [0.29, 0.717) is 19.3 Å². The fraction of sp³-hybridized carbons (Fsp3) is 0.726. The van der Waals surface area contributed by atoms with E-state index < -0.39 is 57.8 Å². The quantitative estimate of drug-likeness (QED) is 0.0197. The molecule has 0 rings (SSSR count). The SMILES string of the molecule is CC/C=C\C/C=C\C/C=C\C/C=C\C/C=C\CC(=O)OC(COC(=O)CCCCCCCCCCC/C=C\CCCCCCCC)COP(=O)(O)OCC(CO)OC(=O)CCCCCCC/C=C\CCCCCC. The van der Waals surface area contributed by atoms with Crippen molar-refractivity contribution in [3.63, 3.8) is 0 Å². The highest BCUT2D eigenvalue weighted by Crippen LogP contribution is 2.43. The molecule has 0 fully saturated rings. The van der Waals surface area contributed by atoms with E-state index in [4.69, 9.17) is 23.3 Å². The molecule has 11 nitrogen and oxygen atoms in total. The average Bonchev–Trinajstić information content (AvgIpc) is 3.39. The third-order valence-electron chi connectivity index (χ3n) is 12.3. The van der Waals surface area contributed by atoms with Crippen molar-refractivity contribution in [3.8, 4) is 0 Å². The molecule has 3 unspecified atom stereocenters. The van der Waals surface area contributed by atoms with Crippen molar-refractivity contribution < 1.29 is 52.2 Å². The van der Waals surface area contributed by atoms with Crippen LogP contribution in [-0.2, 0) is 42.2 Å². The van der Waals surface area contributed by atoms with Crippen LogP contribution in [0.15, 0.2) is 85.1 Å². The summed E-state index contributed by atoms with van der Waals surface area (Å²) in [6.45, 7) is 4.40. The van der Waals surface area contributed by atoms with Crippen LogP contribution < -0.4 is 0 Å². The number of esters is 3. The molecule has 0 aliphatic rings. The van der Waals surface area contributed by atoms with Crippen molar-refractivity contribution in [3.05, 3.63) is 85.1 Å². The molecule has 2 N–H and O–H groups in total. The highest BCUT2D eigenvalue weighted by atomic mass is 31.2. The Bertz CT molecular complexity index is 1560. The van der Waals surface area contributed by atoms with Crippen molar-refractivity contribution in [2.75, 3.05) is 26.4 Å². The zero-order chi connectivity index (χ0) is 54.1. The predicted octanol–water partition coefficient (Wildman–Crippen LogP) is 17.5. The van der Waals surface area contributed by atoms with E-state index in [1.165, 1.54) is 109 Å². The van der Waals surface area contributed by atoms with Crippen LogP contribution in [0.25, 0.3) is 0 Å². The van der Waals surface area contributed by atoms with Gasteiger partial charge in [-0.2, -0.15) is 0 Å². The van der Waals surface area contributed by atoms with Crippen LogP contribution in [0.4, 0.5) is 0 Å². The van der Waals surface area contributed by atoms with E-state index in [1.807, 2.05) is 12.2 Å². The van der Waals surface area contributed by atoms with Gasteiger partial charge in [0, 0.05) is 12.8 Å². The van der Waals surface area contributed by atoms with Crippen LogP contribution >= 0.6 is 7.82 Å². The van der Waals surface area contributed by atoms with E-state index in [9.17, 15) is 28.9 Å². The summed E-state index contributed by atoms with van der Waals surface area (Å²) in [7, 11) is -4.78. The number of hydrogen-bond acceptors (Lipinski definition) is 10. The summed E-state index contributed by atoms with van der Waals surface area (Å²) < 4.78 is 39.4. The number of allylic oxidation sites excluding steroid dienone is 13. The molecule has 0 bridgehead atoms. The van der Waals surface area contributed by atoms with Crippen LogP contribution in [0.1, 0.15) is 252 Å². The van der Waals surface area contributed by atoms with Crippen molar-refractivity contribution in [1.82, 2.24) is 0 Å². The molecule has 0 saturated carbocycles. The fourth-order valence-corrected chi connectivity index (χ4v) is 8.62. The van der Waals surface area contributed by atoms with E-state index in [0.717, 1.165) is 83.5 Å². The number of hydrogen-bond donors (Lipinski definition) is 2. The summed E-state index contributed by atoms with van der Waals surface area (Å²) >= 11 is 0. The van der Waals surface area contributed by atoms with Gasteiger partial charge in [0.25, 0.3) is 0 Å². The normalized spacial score (nSPS) is 14.0. The molecule has 426 valence electrons. The summed E-state index contributed by atoms with van der Waals surface area (Å²) in [6.07, 6.45) is 64.3. The second kappa shape index (κ2) is 55.9. The highest BCUT2D eigenvalue weighted by Gasteiger charge is 2.28. The molecule has 74 heavy (non-hydrogen) atoms. The van der Waals surface area contributed by atoms with Gasteiger partial charge in [0.05, 0.1) is 26.2 Å². The van der Waals surface area contributed by atoms with Crippen molar-refractivity contribution in [2.24, 2.45) is 0 Å². The Balaban J connectivity index is 4.80. The molecule has 0 saturated heterocycles. The van der Waals surface area contributed by atoms with Gasteiger partial charge in [-0.3, -0.25) is 23.4 Å². The maximum Gasteiger partial charge on any atom is 0.472 e. The number of ether oxygens (including phenoxy) is 3. The standard InChI is InChI=1S/C62H107O11P/c1-4-7-10-13-16-19-22-25-27-28-29-30-32-34-36-39-42-45-48-51-60(64)69-55-59(73-62(66)53-50-47-44-41-38-35-31-26-23-20-17-14-11-8-5-2)57-71-74(67,68)70-56-58(54-63)72-61(65)52-49-46-43-40-37-33-24-21-18-15-12-9-6-3/h8,11,17,20-21,24-27,31,38,41,47,50,58-59,63H,4-7,9-10,12-16,18-19,22-23,28-30,32-37,39-40,42-46,48-49,51-57H2,1-3H3,(H,67,68)/b11-8-,20-17-,24-21-,27-25-,31-26-,41-38-,50-47-. The minimum absolute atomic E-state index is 0.0671. The van der Waals surface area contributed by atoms with Crippen LogP contribution in [0.2, 0.25) is 0 Å². The Morgan fingerprint density at radius 3 is 1.19 bits per heavy atom. The monoisotopic (exact) mass is 1060 g/mol. The van der Waals surface area contributed by atoms with Gasteiger partial charge in [-0.15, -0.1) is 0 Å². The van der Waals surface area contributed by atoms with Crippen LogP contribution in [0.5, 0.6) is 0 Å². The van der Waals surface area contributed by atoms with Gasteiger partial charge >= 0.3 is 25.7 Å². The first-order valence-electron chi connectivity index (χ1n) is 29.5. The van der Waals surface area contributed by atoms with E-state index in [1.54, 1.807) is 6.08 Å². The summed E-state index contributed by atoms with van der Waals surface area (Å²) in [5.74, 6) is -1.63. The van der Waals surface area contributed by atoms with Gasteiger partial charge in [0.2, 0.25) is 0 Å². The number of aliphatic hydroxyl groups is 1. The molecule has 0 aromatic heterocycles. The highest BCUT2D eigenvalue weighted by molar-refractivity contribution is 7.47. The average molecular weight is 1060 g/mol. The second-order valence-electron chi connectivity index (χ2n) is 19.4. The minimum atomic E-state index is -4.78. The molecular weight excluding hydrogens is 952 g/mol. The van der Waals surface area contributed by atoms with Gasteiger partial charge in [0.15, 0.2) is 6.10 Å². The first-order valence-corrected chi connectivity index (χ1v) is 31.0. The Morgan fingerprint density at radius 2 is 0.757 bits per heavy atom. The third-order valence-corrected chi connectivity index (χ3v) is 13.3.